The van der Waals surface area contributed by atoms with Gasteiger partial charge < -0.3 is 16.4 Å². The van der Waals surface area contributed by atoms with Crippen molar-refractivity contribution >= 4 is 17.8 Å². The van der Waals surface area contributed by atoms with Gasteiger partial charge in [-0.25, -0.2) is 14.8 Å². The maximum atomic E-state index is 12.1. The second-order valence-corrected chi connectivity index (χ2v) is 5.17. The number of aromatic nitrogens is 1. The third-order valence-corrected chi connectivity index (χ3v) is 3.25. The molecular formula is C18H25N5O3. The van der Waals surface area contributed by atoms with Gasteiger partial charge >= 0.3 is 6.03 Å². The Morgan fingerprint density at radius 2 is 2.12 bits per heavy atom. The van der Waals surface area contributed by atoms with Crippen LogP contribution in [0.15, 0.2) is 55.3 Å². The Kier molecular flexibility index (Phi) is 9.19. The van der Waals surface area contributed by atoms with Crippen LogP contribution in [0.4, 0.5) is 10.6 Å². The first-order valence-corrected chi connectivity index (χ1v) is 8.09. The van der Waals surface area contributed by atoms with Gasteiger partial charge in [0.1, 0.15) is 19.0 Å². The van der Waals surface area contributed by atoms with E-state index in [9.17, 15) is 9.59 Å². The SMILES string of the molecule is C=C/C=C(\C=C)CON(CC)C(=O)CNC(=O)NCc1ccc(N)nc1. The number of likely N-dealkylation sites (N-methyl/N-ethyl adjacent to an activating group) is 1. The summed E-state index contributed by atoms with van der Waals surface area (Å²) in [6.45, 7) is 9.65. The Morgan fingerprint density at radius 3 is 2.69 bits per heavy atom. The van der Waals surface area contributed by atoms with Crippen molar-refractivity contribution in [1.29, 1.82) is 0 Å². The molecule has 1 aromatic rings. The average molecular weight is 359 g/mol. The van der Waals surface area contributed by atoms with Crippen molar-refractivity contribution in [1.82, 2.24) is 20.7 Å². The molecular weight excluding hydrogens is 334 g/mol. The van der Waals surface area contributed by atoms with E-state index in [1.807, 2.05) is 0 Å². The van der Waals surface area contributed by atoms with Gasteiger partial charge in [-0.15, -0.1) is 0 Å². The number of hydrogen-bond acceptors (Lipinski definition) is 5. The summed E-state index contributed by atoms with van der Waals surface area (Å²) in [7, 11) is 0. The predicted octanol–water partition coefficient (Wildman–Crippen LogP) is 1.54. The zero-order valence-corrected chi connectivity index (χ0v) is 14.9. The maximum absolute atomic E-state index is 12.1. The van der Waals surface area contributed by atoms with Crippen molar-refractivity contribution in [3.05, 3.63) is 60.9 Å². The maximum Gasteiger partial charge on any atom is 0.315 e. The summed E-state index contributed by atoms with van der Waals surface area (Å²) in [5.41, 5.74) is 7.08. The molecule has 0 aliphatic carbocycles. The summed E-state index contributed by atoms with van der Waals surface area (Å²) in [6.07, 6.45) is 6.54. The molecule has 1 aromatic heterocycles. The zero-order valence-electron chi connectivity index (χ0n) is 14.9. The molecule has 8 heteroatoms. The number of nitrogens with one attached hydrogen (secondary N) is 2. The molecule has 0 unspecified atom stereocenters. The minimum Gasteiger partial charge on any atom is -0.384 e. The average Bonchev–Trinajstić information content (AvgIpc) is 2.65. The number of nitrogens with two attached hydrogens (primary N) is 1. The van der Waals surface area contributed by atoms with Crippen LogP contribution in [0.3, 0.4) is 0 Å². The standard InChI is InChI=1S/C18H25N5O3/c1-4-7-14(5-2)13-26-23(6-3)17(24)12-22-18(25)21-11-15-8-9-16(19)20-10-15/h4-5,7-10H,1-2,6,11-13H2,3H3,(H2,19,20)(H2,21,22,25)/b14-7+. The van der Waals surface area contributed by atoms with Gasteiger partial charge in [0.05, 0.1) is 0 Å². The topological polar surface area (TPSA) is 110 Å². The van der Waals surface area contributed by atoms with Gasteiger partial charge in [-0.3, -0.25) is 9.63 Å². The van der Waals surface area contributed by atoms with Crippen LogP contribution in [0.25, 0.3) is 0 Å². The Hall–Kier alpha value is -3.13. The highest BCUT2D eigenvalue weighted by Crippen LogP contribution is 2.01. The fourth-order valence-corrected chi connectivity index (χ4v) is 1.85. The Morgan fingerprint density at radius 1 is 1.35 bits per heavy atom. The lowest BCUT2D eigenvalue weighted by molar-refractivity contribution is -0.180. The molecule has 0 spiro atoms. The molecule has 0 radical (unpaired) electrons. The number of nitrogen functional groups attached to an aromatic ring is 1. The predicted molar refractivity (Wildman–Crippen MR) is 101 cm³/mol. The van der Waals surface area contributed by atoms with Gasteiger partial charge in [0, 0.05) is 19.3 Å². The lowest BCUT2D eigenvalue weighted by atomic mass is 10.2. The summed E-state index contributed by atoms with van der Waals surface area (Å²) in [4.78, 5) is 33.3. The highest BCUT2D eigenvalue weighted by molar-refractivity contribution is 5.83. The molecule has 4 N–H and O–H groups in total. The molecule has 26 heavy (non-hydrogen) atoms. The summed E-state index contributed by atoms with van der Waals surface area (Å²) in [5.74, 6) is 0.0461. The highest BCUT2D eigenvalue weighted by Gasteiger charge is 2.14. The molecule has 8 nitrogen and oxygen atoms in total. The van der Waals surface area contributed by atoms with E-state index in [1.165, 1.54) is 5.06 Å². The fourth-order valence-electron chi connectivity index (χ4n) is 1.85. The van der Waals surface area contributed by atoms with Crippen LogP contribution in [-0.4, -0.2) is 41.7 Å². The molecule has 0 aliphatic heterocycles. The van der Waals surface area contributed by atoms with Gasteiger partial charge in [0.15, 0.2) is 0 Å². The monoisotopic (exact) mass is 359 g/mol. The van der Waals surface area contributed by atoms with Gasteiger partial charge in [-0.2, -0.15) is 0 Å². The second kappa shape index (κ2) is 11.4. The molecule has 0 saturated carbocycles. The van der Waals surface area contributed by atoms with Crippen LogP contribution >= 0.6 is 0 Å². The van der Waals surface area contributed by atoms with Crippen molar-refractivity contribution < 1.29 is 14.4 Å². The number of nitrogens with zero attached hydrogens (tertiary/aromatic N) is 2. The van der Waals surface area contributed by atoms with E-state index in [-0.39, 0.29) is 25.6 Å². The van der Waals surface area contributed by atoms with Gasteiger partial charge in [-0.05, 0) is 24.1 Å². The van der Waals surface area contributed by atoms with Gasteiger partial charge in [0.25, 0.3) is 5.91 Å². The Bertz CT molecular complexity index is 655. The summed E-state index contributed by atoms with van der Waals surface area (Å²) >= 11 is 0. The molecule has 1 heterocycles. The fraction of sp³-hybridized carbons (Fsp3) is 0.278. The number of rotatable bonds is 10. The number of urea groups is 1. The molecule has 0 aromatic carbocycles. The van der Waals surface area contributed by atoms with Crippen molar-refractivity contribution in [2.75, 3.05) is 25.4 Å². The summed E-state index contributed by atoms with van der Waals surface area (Å²) in [5, 5.41) is 6.30. The van der Waals surface area contributed by atoms with Crippen LogP contribution in [-0.2, 0) is 16.2 Å². The first-order valence-electron chi connectivity index (χ1n) is 8.09. The van der Waals surface area contributed by atoms with Crippen LogP contribution < -0.4 is 16.4 Å². The zero-order chi connectivity index (χ0) is 19.4. The van der Waals surface area contributed by atoms with Gasteiger partial charge in [-0.1, -0.05) is 37.5 Å². The van der Waals surface area contributed by atoms with E-state index in [1.54, 1.807) is 43.5 Å². The van der Waals surface area contributed by atoms with Crippen molar-refractivity contribution in [3.8, 4) is 0 Å². The van der Waals surface area contributed by atoms with E-state index in [0.29, 0.717) is 12.4 Å². The van der Waals surface area contributed by atoms with E-state index in [4.69, 9.17) is 10.6 Å². The van der Waals surface area contributed by atoms with Crippen LogP contribution in [0.1, 0.15) is 12.5 Å². The first-order chi connectivity index (χ1) is 12.5. The highest BCUT2D eigenvalue weighted by atomic mass is 16.7. The van der Waals surface area contributed by atoms with E-state index >= 15 is 0 Å². The third kappa shape index (κ3) is 7.63. The summed E-state index contributed by atoms with van der Waals surface area (Å²) < 4.78 is 0. The molecule has 3 amide bonds. The molecule has 140 valence electrons. The molecule has 0 fully saturated rings. The van der Waals surface area contributed by atoms with E-state index < -0.39 is 6.03 Å². The lowest BCUT2D eigenvalue weighted by Gasteiger charge is -2.20. The number of hydroxylamine groups is 2. The number of pyridine rings is 1. The smallest absolute Gasteiger partial charge is 0.315 e. The first kappa shape index (κ1) is 20.9. The number of amides is 3. The third-order valence-electron chi connectivity index (χ3n) is 3.25. The van der Waals surface area contributed by atoms with Crippen LogP contribution in [0, 0.1) is 0 Å². The quantitative estimate of drug-likeness (QED) is 0.434. The van der Waals surface area contributed by atoms with Crippen molar-refractivity contribution in [3.63, 3.8) is 0 Å². The largest absolute Gasteiger partial charge is 0.384 e. The molecule has 0 bridgehead atoms. The molecule has 0 aliphatic rings. The van der Waals surface area contributed by atoms with Crippen LogP contribution in [0.2, 0.25) is 0 Å². The number of hydrogen-bond donors (Lipinski definition) is 3. The lowest BCUT2D eigenvalue weighted by Crippen LogP contribution is -2.43. The normalized spacial score (nSPS) is 10.7. The van der Waals surface area contributed by atoms with Crippen molar-refractivity contribution in [2.24, 2.45) is 0 Å². The second-order valence-electron chi connectivity index (χ2n) is 5.17. The van der Waals surface area contributed by atoms with Crippen molar-refractivity contribution in [2.45, 2.75) is 13.5 Å². The van der Waals surface area contributed by atoms with E-state index in [2.05, 4.69) is 28.8 Å². The number of carbonyl (C=O) groups is 2. The Labute approximate surface area is 153 Å². The summed E-state index contributed by atoms with van der Waals surface area (Å²) in [6, 6.07) is 2.94. The number of anilines is 1. The number of allylic oxidation sites excluding steroid dienone is 2. The van der Waals surface area contributed by atoms with Crippen LogP contribution in [0.5, 0.6) is 0 Å². The molecule has 0 saturated heterocycles. The molecule has 0 atom stereocenters. The van der Waals surface area contributed by atoms with Gasteiger partial charge in [0.2, 0.25) is 0 Å². The minimum absolute atomic E-state index is 0.186. The van der Waals surface area contributed by atoms with E-state index in [0.717, 1.165) is 11.1 Å². The molecule has 1 rings (SSSR count). The Balaban J connectivity index is 2.38. The number of carbonyl (C=O) groups excluding carboxylic acids is 2. The minimum atomic E-state index is -0.468.